The summed E-state index contributed by atoms with van der Waals surface area (Å²) in [5, 5.41) is 3.11. The summed E-state index contributed by atoms with van der Waals surface area (Å²) in [7, 11) is 0. The highest BCUT2D eigenvalue weighted by molar-refractivity contribution is 5.81. The molecule has 2 amide bonds. The summed E-state index contributed by atoms with van der Waals surface area (Å²) in [6.45, 7) is 9.28. The van der Waals surface area contributed by atoms with Crippen molar-refractivity contribution in [1.82, 2.24) is 10.2 Å². The van der Waals surface area contributed by atoms with Crippen molar-refractivity contribution in [2.45, 2.75) is 65.5 Å². The third kappa shape index (κ3) is 5.75. The summed E-state index contributed by atoms with van der Waals surface area (Å²) in [5.41, 5.74) is 1.02. The Morgan fingerprint density at radius 2 is 2.08 bits per heavy atom. The molecule has 0 spiro atoms. The molecule has 2 rings (SSSR count). The van der Waals surface area contributed by atoms with Crippen molar-refractivity contribution in [2.24, 2.45) is 5.92 Å². The second-order valence-corrected chi connectivity index (χ2v) is 7.40. The fraction of sp³-hybridized carbons (Fsp3) is 0.619. The van der Waals surface area contributed by atoms with Gasteiger partial charge in [-0.05, 0) is 57.7 Å². The molecular weight excluding hydrogens is 328 g/mol. The van der Waals surface area contributed by atoms with Gasteiger partial charge in [-0.3, -0.25) is 9.59 Å². The van der Waals surface area contributed by atoms with Crippen LogP contribution in [0.15, 0.2) is 24.3 Å². The zero-order chi connectivity index (χ0) is 19.1. The van der Waals surface area contributed by atoms with Gasteiger partial charge in [0.2, 0.25) is 11.8 Å². The lowest BCUT2D eigenvalue weighted by Crippen LogP contribution is -2.45. The number of rotatable bonds is 7. The molecule has 1 saturated heterocycles. The average molecular weight is 360 g/mol. The molecule has 1 aromatic carbocycles. The molecule has 1 N–H and O–H groups in total. The number of likely N-dealkylation sites (tertiary alicyclic amines) is 1. The van der Waals surface area contributed by atoms with Crippen LogP contribution in [0.25, 0.3) is 0 Å². The first-order valence-corrected chi connectivity index (χ1v) is 9.75. The van der Waals surface area contributed by atoms with E-state index in [4.69, 9.17) is 4.74 Å². The van der Waals surface area contributed by atoms with Crippen LogP contribution in [0.5, 0.6) is 5.75 Å². The Bertz CT molecular complexity index is 615. The van der Waals surface area contributed by atoms with Crippen LogP contribution < -0.4 is 10.1 Å². The zero-order valence-corrected chi connectivity index (χ0v) is 16.5. The van der Waals surface area contributed by atoms with E-state index in [9.17, 15) is 9.59 Å². The van der Waals surface area contributed by atoms with E-state index < -0.39 is 0 Å². The quantitative estimate of drug-likeness (QED) is 0.807. The summed E-state index contributed by atoms with van der Waals surface area (Å²) in [4.78, 5) is 26.7. The molecule has 2 unspecified atom stereocenters. The summed E-state index contributed by atoms with van der Waals surface area (Å²) < 4.78 is 5.73. The summed E-state index contributed by atoms with van der Waals surface area (Å²) >= 11 is 0. The minimum absolute atomic E-state index is 0.0293. The first kappa shape index (κ1) is 20.3. The average Bonchev–Trinajstić information content (AvgIpc) is 2.61. The maximum atomic E-state index is 12.7. The third-order valence-electron chi connectivity index (χ3n) is 4.70. The molecule has 26 heavy (non-hydrogen) atoms. The van der Waals surface area contributed by atoms with Gasteiger partial charge in [0, 0.05) is 19.5 Å². The number of nitrogens with one attached hydrogen (secondary N) is 1. The number of benzene rings is 1. The maximum Gasteiger partial charge on any atom is 0.225 e. The van der Waals surface area contributed by atoms with E-state index in [1.165, 1.54) is 0 Å². The number of carbonyl (C=O) groups is 2. The van der Waals surface area contributed by atoms with Crippen LogP contribution >= 0.6 is 0 Å². The van der Waals surface area contributed by atoms with Gasteiger partial charge < -0.3 is 15.0 Å². The van der Waals surface area contributed by atoms with Gasteiger partial charge >= 0.3 is 0 Å². The van der Waals surface area contributed by atoms with Crippen LogP contribution in [0.3, 0.4) is 0 Å². The van der Waals surface area contributed by atoms with Crippen LogP contribution in [-0.4, -0.2) is 35.9 Å². The molecule has 2 atom stereocenters. The number of ether oxygens (including phenoxy) is 1. The van der Waals surface area contributed by atoms with E-state index in [0.717, 1.165) is 37.1 Å². The van der Waals surface area contributed by atoms with E-state index in [1.54, 1.807) is 0 Å². The van der Waals surface area contributed by atoms with E-state index in [-0.39, 0.29) is 29.9 Å². The number of nitrogens with zero attached hydrogens (tertiary/aromatic N) is 1. The van der Waals surface area contributed by atoms with Gasteiger partial charge in [-0.25, -0.2) is 0 Å². The lowest BCUT2D eigenvalue weighted by molar-refractivity contribution is -0.135. The van der Waals surface area contributed by atoms with Crippen molar-refractivity contribution in [2.75, 3.05) is 13.1 Å². The largest absolute Gasteiger partial charge is 0.491 e. The molecule has 0 aromatic heterocycles. The van der Waals surface area contributed by atoms with Gasteiger partial charge in [0.25, 0.3) is 0 Å². The van der Waals surface area contributed by atoms with Crippen molar-refractivity contribution in [3.05, 3.63) is 29.8 Å². The van der Waals surface area contributed by atoms with Crippen LogP contribution in [0, 0.1) is 5.92 Å². The number of carbonyl (C=O) groups excluding carboxylic acids is 2. The normalized spacial score (nSPS) is 18.5. The molecule has 0 aliphatic carbocycles. The molecule has 1 fully saturated rings. The summed E-state index contributed by atoms with van der Waals surface area (Å²) in [6, 6.07) is 7.75. The Balaban J connectivity index is 1.95. The van der Waals surface area contributed by atoms with Gasteiger partial charge in [-0.2, -0.15) is 0 Å². The Labute approximate surface area is 157 Å². The Morgan fingerprint density at radius 3 is 2.77 bits per heavy atom. The number of hydrogen-bond acceptors (Lipinski definition) is 3. The molecule has 5 nitrogen and oxygen atoms in total. The topological polar surface area (TPSA) is 58.6 Å². The molecule has 1 aromatic rings. The maximum absolute atomic E-state index is 12.7. The second-order valence-electron chi connectivity index (χ2n) is 7.40. The lowest BCUT2D eigenvalue weighted by Gasteiger charge is -2.32. The number of hydrogen-bond donors (Lipinski definition) is 1. The van der Waals surface area contributed by atoms with Crippen LogP contribution in [0.1, 0.15) is 65.0 Å². The van der Waals surface area contributed by atoms with Crippen LogP contribution in [0.2, 0.25) is 0 Å². The van der Waals surface area contributed by atoms with Crippen molar-refractivity contribution >= 4 is 11.8 Å². The lowest BCUT2D eigenvalue weighted by atomic mass is 9.96. The molecule has 0 radical (unpaired) electrons. The molecule has 1 heterocycles. The predicted octanol–water partition coefficient (Wildman–Crippen LogP) is 3.69. The van der Waals surface area contributed by atoms with Gasteiger partial charge in [0.15, 0.2) is 0 Å². The standard InChI is InChI=1S/C21H32N2O3/c1-5-8-20(24)23-12-7-10-18(14-23)21(25)22-16(4)17-9-6-11-19(13-17)26-15(2)3/h6,9,11,13,15-16,18H,5,7-8,10,12,14H2,1-4H3,(H,22,25). The van der Waals surface area contributed by atoms with E-state index in [2.05, 4.69) is 5.32 Å². The molecule has 1 aliphatic heterocycles. The van der Waals surface area contributed by atoms with Crippen molar-refractivity contribution < 1.29 is 14.3 Å². The minimum atomic E-state index is -0.123. The van der Waals surface area contributed by atoms with E-state index >= 15 is 0 Å². The fourth-order valence-electron chi connectivity index (χ4n) is 3.33. The molecule has 0 saturated carbocycles. The van der Waals surface area contributed by atoms with Gasteiger partial charge in [-0.15, -0.1) is 0 Å². The zero-order valence-electron chi connectivity index (χ0n) is 16.5. The summed E-state index contributed by atoms with van der Waals surface area (Å²) in [5.74, 6) is 0.882. The number of amides is 2. The van der Waals surface area contributed by atoms with Gasteiger partial charge in [0.05, 0.1) is 18.1 Å². The molecule has 144 valence electrons. The summed E-state index contributed by atoms with van der Waals surface area (Å²) in [6.07, 6.45) is 3.25. The molecule has 5 heteroatoms. The monoisotopic (exact) mass is 360 g/mol. The van der Waals surface area contributed by atoms with E-state index in [0.29, 0.717) is 13.0 Å². The fourth-order valence-corrected chi connectivity index (χ4v) is 3.33. The van der Waals surface area contributed by atoms with Crippen molar-refractivity contribution in [3.63, 3.8) is 0 Å². The van der Waals surface area contributed by atoms with Gasteiger partial charge in [-0.1, -0.05) is 19.1 Å². The Hall–Kier alpha value is -2.04. The van der Waals surface area contributed by atoms with Crippen molar-refractivity contribution in [1.29, 1.82) is 0 Å². The smallest absolute Gasteiger partial charge is 0.225 e. The predicted molar refractivity (Wildman–Crippen MR) is 103 cm³/mol. The first-order chi connectivity index (χ1) is 12.4. The molecule has 0 bridgehead atoms. The molecule has 1 aliphatic rings. The van der Waals surface area contributed by atoms with Gasteiger partial charge in [0.1, 0.15) is 5.75 Å². The Kier molecular flexibility index (Phi) is 7.49. The van der Waals surface area contributed by atoms with E-state index in [1.807, 2.05) is 56.9 Å². The highest BCUT2D eigenvalue weighted by atomic mass is 16.5. The second kappa shape index (κ2) is 9.60. The number of piperidine rings is 1. The van der Waals surface area contributed by atoms with Crippen LogP contribution in [0.4, 0.5) is 0 Å². The molecular formula is C21H32N2O3. The highest BCUT2D eigenvalue weighted by Gasteiger charge is 2.28. The Morgan fingerprint density at radius 1 is 1.31 bits per heavy atom. The SMILES string of the molecule is CCCC(=O)N1CCCC(C(=O)NC(C)c2cccc(OC(C)C)c2)C1. The minimum Gasteiger partial charge on any atom is -0.491 e. The first-order valence-electron chi connectivity index (χ1n) is 9.75. The van der Waals surface area contributed by atoms with Crippen molar-refractivity contribution in [3.8, 4) is 5.75 Å². The third-order valence-corrected chi connectivity index (χ3v) is 4.70. The van der Waals surface area contributed by atoms with Crippen LogP contribution in [-0.2, 0) is 9.59 Å². The highest BCUT2D eigenvalue weighted by Crippen LogP contribution is 2.22.